The molecular formula is C15H21IN2O4S. The van der Waals surface area contributed by atoms with Crippen molar-refractivity contribution >= 4 is 51.8 Å². The highest BCUT2D eigenvalue weighted by atomic mass is 127. The van der Waals surface area contributed by atoms with Gasteiger partial charge in [0.05, 0.1) is 5.01 Å². The van der Waals surface area contributed by atoms with Gasteiger partial charge in [0.1, 0.15) is 8.48 Å². The Morgan fingerprint density at radius 3 is 2.43 bits per heavy atom. The minimum atomic E-state index is -0.985. The number of carboxylic acid groups (broad SMARTS) is 1. The van der Waals surface area contributed by atoms with E-state index in [1.165, 1.54) is 22.3 Å². The quantitative estimate of drug-likeness (QED) is 0.535. The van der Waals surface area contributed by atoms with Gasteiger partial charge in [-0.2, -0.15) is 0 Å². The van der Waals surface area contributed by atoms with E-state index in [9.17, 15) is 9.59 Å². The highest BCUT2D eigenvalue weighted by molar-refractivity contribution is 14.1. The largest absolute Gasteiger partial charge is 0.478 e. The van der Waals surface area contributed by atoms with Gasteiger partial charge >= 0.3 is 12.1 Å². The fourth-order valence-electron chi connectivity index (χ4n) is 1.71. The fraction of sp³-hybridized carbons (Fsp3) is 0.533. The summed E-state index contributed by atoms with van der Waals surface area (Å²) in [5, 5.41) is 9.95. The number of amides is 1. The molecule has 0 bridgehead atoms. The van der Waals surface area contributed by atoms with Gasteiger partial charge in [-0.25, -0.2) is 14.6 Å². The zero-order chi connectivity index (χ0) is 17.8. The molecule has 0 spiro atoms. The van der Waals surface area contributed by atoms with Crippen LogP contribution in [0.5, 0.6) is 0 Å². The van der Waals surface area contributed by atoms with Crippen LogP contribution in [0, 0.1) is 9.81 Å². The van der Waals surface area contributed by atoms with E-state index < -0.39 is 17.7 Å². The van der Waals surface area contributed by atoms with Crippen LogP contribution in [0.1, 0.15) is 39.1 Å². The van der Waals surface area contributed by atoms with E-state index in [-0.39, 0.29) is 12.1 Å². The smallest absolute Gasteiger partial charge is 0.416 e. The number of carbonyl (C=O) groups excluding carboxylic acids is 1. The second-order valence-corrected chi connectivity index (χ2v) is 8.82. The number of carbonyl (C=O) groups is 2. The monoisotopic (exact) mass is 452 g/mol. The fourth-order valence-corrected chi connectivity index (χ4v) is 3.71. The molecule has 0 aliphatic rings. The number of ether oxygens (including phenoxy) is 1. The van der Waals surface area contributed by atoms with E-state index >= 15 is 0 Å². The lowest BCUT2D eigenvalue weighted by atomic mass is 10.2. The third kappa shape index (κ3) is 6.09. The van der Waals surface area contributed by atoms with Gasteiger partial charge in [0.2, 0.25) is 0 Å². The Morgan fingerprint density at radius 1 is 1.43 bits per heavy atom. The van der Waals surface area contributed by atoms with Crippen LogP contribution in [0.3, 0.4) is 0 Å². The molecule has 0 atom stereocenters. The number of aryl methyl sites for hydroxylation is 1. The number of thiazole rings is 1. The van der Waals surface area contributed by atoms with Gasteiger partial charge < -0.3 is 9.84 Å². The first-order valence-corrected chi connectivity index (χ1v) is 9.00. The summed E-state index contributed by atoms with van der Waals surface area (Å²) in [6.45, 7) is 9.06. The van der Waals surface area contributed by atoms with Crippen LogP contribution in [-0.4, -0.2) is 34.3 Å². The number of halogens is 1. The lowest BCUT2D eigenvalue weighted by Crippen LogP contribution is -2.37. The topological polar surface area (TPSA) is 79.7 Å². The molecule has 128 valence electrons. The van der Waals surface area contributed by atoms with Crippen molar-refractivity contribution in [1.29, 1.82) is 0 Å². The number of hydrogen-bond acceptors (Lipinski definition) is 5. The average Bonchev–Trinajstić information content (AvgIpc) is 2.71. The zero-order valence-corrected chi connectivity index (χ0v) is 16.8. The highest BCUT2D eigenvalue weighted by Crippen LogP contribution is 2.29. The Labute approximate surface area is 153 Å². The van der Waals surface area contributed by atoms with Crippen LogP contribution < -0.4 is 4.90 Å². The number of aliphatic carboxylic acids is 1. The van der Waals surface area contributed by atoms with Gasteiger partial charge in [-0.05, 0) is 56.7 Å². The summed E-state index contributed by atoms with van der Waals surface area (Å²) in [7, 11) is 0. The van der Waals surface area contributed by atoms with Gasteiger partial charge in [-0.3, -0.25) is 4.90 Å². The second-order valence-electron chi connectivity index (χ2n) is 5.81. The molecule has 1 heterocycles. The Hall–Kier alpha value is -1.16. The minimum absolute atomic E-state index is 0.101. The van der Waals surface area contributed by atoms with E-state index in [0.29, 0.717) is 12.2 Å². The molecule has 0 fully saturated rings. The Balaban J connectivity index is 3.14. The molecule has 1 aromatic rings. The number of carboxylic acids is 1. The highest BCUT2D eigenvalue weighted by Gasteiger charge is 2.26. The zero-order valence-electron chi connectivity index (χ0n) is 13.8. The van der Waals surface area contributed by atoms with Crippen molar-refractivity contribution in [3.05, 3.63) is 19.5 Å². The van der Waals surface area contributed by atoms with E-state index in [0.717, 1.165) is 7.89 Å². The van der Waals surface area contributed by atoms with Crippen molar-refractivity contribution in [2.45, 2.75) is 46.6 Å². The van der Waals surface area contributed by atoms with Crippen molar-refractivity contribution in [2.75, 3.05) is 11.4 Å². The maximum absolute atomic E-state index is 12.5. The predicted molar refractivity (Wildman–Crippen MR) is 99.2 cm³/mol. The van der Waals surface area contributed by atoms with Gasteiger partial charge in [-0.1, -0.05) is 13.0 Å². The summed E-state index contributed by atoms with van der Waals surface area (Å²) >= 11 is 3.58. The molecule has 6 nitrogen and oxygen atoms in total. The molecule has 0 aliphatic carbocycles. The van der Waals surface area contributed by atoms with Gasteiger partial charge in [0.25, 0.3) is 0 Å². The summed E-state index contributed by atoms with van der Waals surface area (Å²) in [6.07, 6.45) is 1.36. The van der Waals surface area contributed by atoms with E-state index in [1.807, 2.05) is 6.92 Å². The summed E-state index contributed by atoms with van der Waals surface area (Å²) in [5.74, 6) is -0.486. The first-order chi connectivity index (χ1) is 10.5. The number of hydrogen-bond donors (Lipinski definition) is 1. The molecule has 0 unspecified atom stereocenters. The van der Waals surface area contributed by atoms with Crippen molar-refractivity contribution in [3.63, 3.8) is 0 Å². The van der Waals surface area contributed by atoms with Crippen LogP contribution in [-0.2, 0) is 9.53 Å². The van der Waals surface area contributed by atoms with Crippen LogP contribution in [0.4, 0.5) is 10.6 Å². The van der Waals surface area contributed by atoms with Gasteiger partial charge in [-0.15, -0.1) is 11.3 Å². The van der Waals surface area contributed by atoms with E-state index in [1.54, 1.807) is 27.7 Å². The SMILES string of the molecule is CC/C(=C\CN(C(=O)OC(C)(C)C)c1nc(C)sc1I)C(=O)O. The van der Waals surface area contributed by atoms with Crippen LogP contribution >= 0.6 is 33.9 Å². The molecular weight excluding hydrogens is 431 g/mol. The molecule has 1 amide bonds. The van der Waals surface area contributed by atoms with Crippen LogP contribution in [0.15, 0.2) is 11.6 Å². The molecule has 0 saturated heterocycles. The molecule has 0 radical (unpaired) electrons. The van der Waals surface area contributed by atoms with Gasteiger partial charge in [0.15, 0.2) is 5.82 Å². The number of nitrogens with zero attached hydrogens (tertiary/aromatic N) is 2. The summed E-state index contributed by atoms with van der Waals surface area (Å²) < 4.78 is 6.27. The molecule has 23 heavy (non-hydrogen) atoms. The third-order valence-corrected chi connectivity index (χ3v) is 4.61. The van der Waals surface area contributed by atoms with E-state index in [2.05, 4.69) is 27.6 Å². The first kappa shape index (κ1) is 19.9. The second kappa shape index (κ2) is 8.09. The molecule has 1 rings (SSSR count). The normalized spacial score (nSPS) is 12.2. The summed E-state index contributed by atoms with van der Waals surface area (Å²) in [6, 6.07) is 0. The molecule has 0 aliphatic heterocycles. The number of rotatable bonds is 5. The summed E-state index contributed by atoms with van der Waals surface area (Å²) in [4.78, 5) is 29.4. The molecule has 0 aromatic carbocycles. The minimum Gasteiger partial charge on any atom is -0.478 e. The lowest BCUT2D eigenvalue weighted by molar-refractivity contribution is -0.132. The van der Waals surface area contributed by atoms with Crippen molar-refractivity contribution in [1.82, 2.24) is 4.98 Å². The van der Waals surface area contributed by atoms with Crippen molar-refractivity contribution in [2.24, 2.45) is 0 Å². The standard InChI is InChI=1S/C15H21IN2O4S/c1-6-10(13(19)20)7-8-18(14(21)22-15(3,4)5)12-11(16)23-9(2)17-12/h7H,6,8H2,1-5H3,(H,19,20)/b10-7+. The molecule has 1 aromatic heterocycles. The third-order valence-electron chi connectivity index (χ3n) is 2.72. The number of aromatic nitrogens is 1. The lowest BCUT2D eigenvalue weighted by Gasteiger charge is -2.25. The summed E-state index contributed by atoms with van der Waals surface area (Å²) in [5.41, 5.74) is -0.392. The first-order valence-electron chi connectivity index (χ1n) is 7.11. The Kier molecular flexibility index (Phi) is 7.00. The average molecular weight is 452 g/mol. The maximum atomic E-state index is 12.5. The van der Waals surface area contributed by atoms with Gasteiger partial charge in [0, 0.05) is 12.1 Å². The molecule has 1 N–H and O–H groups in total. The Bertz CT molecular complexity index is 619. The van der Waals surface area contributed by atoms with E-state index in [4.69, 9.17) is 9.84 Å². The molecule has 8 heteroatoms. The maximum Gasteiger partial charge on any atom is 0.416 e. The Morgan fingerprint density at radius 2 is 2.04 bits per heavy atom. The van der Waals surface area contributed by atoms with Crippen molar-refractivity contribution < 1.29 is 19.4 Å². The predicted octanol–water partition coefficient (Wildman–Crippen LogP) is 4.22. The van der Waals surface area contributed by atoms with Crippen molar-refractivity contribution in [3.8, 4) is 0 Å². The number of anilines is 1. The molecule has 0 saturated carbocycles. The van der Waals surface area contributed by atoms with Crippen LogP contribution in [0.25, 0.3) is 0 Å². The van der Waals surface area contributed by atoms with Crippen LogP contribution in [0.2, 0.25) is 0 Å².